The number of carbonyl (C=O) groups excluding carboxylic acids is 1. The zero-order valence-corrected chi connectivity index (χ0v) is 12.6. The van der Waals surface area contributed by atoms with Gasteiger partial charge >= 0.3 is 0 Å². The summed E-state index contributed by atoms with van der Waals surface area (Å²) in [6.45, 7) is 4.14. The molecule has 114 valence electrons. The Labute approximate surface area is 130 Å². The summed E-state index contributed by atoms with van der Waals surface area (Å²) in [5.74, 6) is 0.0279. The molecule has 2 aromatic rings. The average Bonchev–Trinajstić information content (AvgIpc) is 2.57. The van der Waals surface area contributed by atoms with Crippen LogP contribution in [0.3, 0.4) is 0 Å². The number of anilines is 1. The fraction of sp³-hybridized carbons (Fsp3) is 0.294. The van der Waals surface area contributed by atoms with Crippen LogP contribution in [0.4, 0.5) is 5.69 Å². The number of pyridine rings is 1. The van der Waals surface area contributed by atoms with E-state index in [2.05, 4.69) is 10.3 Å². The molecule has 0 bridgehead atoms. The number of aromatic nitrogens is 1. The van der Waals surface area contributed by atoms with Crippen molar-refractivity contribution in [3.63, 3.8) is 0 Å². The Morgan fingerprint density at radius 2 is 2.27 bits per heavy atom. The Balaban J connectivity index is 1.93. The van der Waals surface area contributed by atoms with Gasteiger partial charge < -0.3 is 16.0 Å². The number of nitrogens with zero attached hydrogens (tertiary/aromatic N) is 2. The Hall–Kier alpha value is -2.40. The molecule has 3 rings (SSSR count). The minimum atomic E-state index is -0.00391. The zero-order valence-electron chi connectivity index (χ0n) is 12.6. The molecule has 0 radical (unpaired) electrons. The van der Waals surface area contributed by atoms with Gasteiger partial charge in [-0.25, -0.2) is 0 Å². The highest BCUT2D eigenvalue weighted by molar-refractivity contribution is 5.96. The predicted molar refractivity (Wildman–Crippen MR) is 86.5 cm³/mol. The number of aryl methyl sites for hydroxylation is 1. The molecule has 1 atom stereocenters. The molecule has 1 unspecified atom stereocenters. The molecule has 1 aliphatic rings. The number of nitrogens with two attached hydrogens (primary N) is 1. The van der Waals surface area contributed by atoms with E-state index in [4.69, 9.17) is 5.73 Å². The first kappa shape index (κ1) is 14.5. The van der Waals surface area contributed by atoms with Gasteiger partial charge in [-0.1, -0.05) is 12.1 Å². The molecule has 1 saturated heterocycles. The van der Waals surface area contributed by atoms with Crippen LogP contribution in [0.2, 0.25) is 0 Å². The number of hydrogen-bond donors (Lipinski definition) is 2. The minimum Gasteiger partial charge on any atom is -0.399 e. The average molecular weight is 296 g/mol. The highest BCUT2D eigenvalue weighted by Crippen LogP contribution is 2.25. The van der Waals surface area contributed by atoms with E-state index < -0.39 is 0 Å². The first-order chi connectivity index (χ1) is 10.7. The summed E-state index contributed by atoms with van der Waals surface area (Å²) < 4.78 is 0. The van der Waals surface area contributed by atoms with Gasteiger partial charge in [-0.3, -0.25) is 9.78 Å². The van der Waals surface area contributed by atoms with E-state index in [0.29, 0.717) is 17.8 Å². The van der Waals surface area contributed by atoms with Gasteiger partial charge in [0.2, 0.25) is 0 Å². The lowest BCUT2D eigenvalue weighted by molar-refractivity contribution is 0.0633. The highest BCUT2D eigenvalue weighted by Gasteiger charge is 2.29. The summed E-state index contributed by atoms with van der Waals surface area (Å²) >= 11 is 0. The molecular formula is C17H20N4O. The lowest BCUT2D eigenvalue weighted by atomic mass is 10.0. The number of benzene rings is 1. The van der Waals surface area contributed by atoms with E-state index in [1.54, 1.807) is 12.3 Å². The Morgan fingerprint density at radius 1 is 1.41 bits per heavy atom. The van der Waals surface area contributed by atoms with Gasteiger partial charge in [-0.15, -0.1) is 0 Å². The number of rotatable bonds is 2. The van der Waals surface area contributed by atoms with Gasteiger partial charge in [0.1, 0.15) is 0 Å². The van der Waals surface area contributed by atoms with Crippen LogP contribution in [0.15, 0.2) is 42.7 Å². The Kier molecular flexibility index (Phi) is 4.06. The standard InChI is InChI=1S/C17H20N4O/c1-12-4-5-14(18)9-15(12)17(22)21-8-7-20-11-16(21)13-3-2-6-19-10-13/h2-6,9-10,16,20H,7-8,11,18H2,1H3. The van der Waals surface area contributed by atoms with E-state index in [1.807, 2.05) is 42.3 Å². The van der Waals surface area contributed by atoms with Crippen molar-refractivity contribution in [1.82, 2.24) is 15.2 Å². The summed E-state index contributed by atoms with van der Waals surface area (Å²) in [5.41, 5.74) is 9.13. The molecule has 22 heavy (non-hydrogen) atoms. The number of carbonyl (C=O) groups is 1. The molecule has 0 aliphatic carbocycles. The lowest BCUT2D eigenvalue weighted by Crippen LogP contribution is -2.48. The van der Waals surface area contributed by atoms with Crippen molar-refractivity contribution < 1.29 is 4.79 Å². The number of nitrogen functional groups attached to an aromatic ring is 1. The summed E-state index contributed by atoms with van der Waals surface area (Å²) in [4.78, 5) is 19.1. The maximum Gasteiger partial charge on any atom is 0.254 e. The van der Waals surface area contributed by atoms with Crippen LogP contribution in [0.1, 0.15) is 27.5 Å². The van der Waals surface area contributed by atoms with Crippen LogP contribution in [0.5, 0.6) is 0 Å². The van der Waals surface area contributed by atoms with Crippen LogP contribution < -0.4 is 11.1 Å². The SMILES string of the molecule is Cc1ccc(N)cc1C(=O)N1CCNCC1c1cccnc1. The van der Waals surface area contributed by atoms with Gasteiger partial charge in [-0.2, -0.15) is 0 Å². The van der Waals surface area contributed by atoms with Gasteiger partial charge in [0.05, 0.1) is 6.04 Å². The third-order valence-corrected chi connectivity index (χ3v) is 4.07. The topological polar surface area (TPSA) is 71.2 Å². The molecule has 2 heterocycles. The summed E-state index contributed by atoms with van der Waals surface area (Å²) in [6, 6.07) is 9.39. The molecule has 0 spiro atoms. The second kappa shape index (κ2) is 6.15. The van der Waals surface area contributed by atoms with Crippen molar-refractivity contribution in [3.8, 4) is 0 Å². The van der Waals surface area contributed by atoms with E-state index in [9.17, 15) is 4.79 Å². The molecule has 3 N–H and O–H groups in total. The van der Waals surface area contributed by atoms with Gasteiger partial charge in [0.25, 0.3) is 5.91 Å². The van der Waals surface area contributed by atoms with Crippen molar-refractivity contribution in [1.29, 1.82) is 0 Å². The molecule has 5 heteroatoms. The lowest BCUT2D eigenvalue weighted by Gasteiger charge is -2.36. The third kappa shape index (κ3) is 2.80. The van der Waals surface area contributed by atoms with Crippen LogP contribution in [-0.2, 0) is 0 Å². The normalized spacial score (nSPS) is 18.2. The monoisotopic (exact) mass is 296 g/mol. The number of hydrogen-bond acceptors (Lipinski definition) is 4. The van der Waals surface area contributed by atoms with Crippen molar-refractivity contribution in [2.24, 2.45) is 0 Å². The van der Waals surface area contributed by atoms with Gasteiger partial charge in [0.15, 0.2) is 0 Å². The van der Waals surface area contributed by atoms with Gasteiger partial charge in [-0.05, 0) is 36.2 Å². The molecule has 1 aromatic heterocycles. The van der Waals surface area contributed by atoms with Crippen molar-refractivity contribution in [3.05, 3.63) is 59.4 Å². The van der Waals surface area contributed by atoms with Crippen LogP contribution in [0.25, 0.3) is 0 Å². The predicted octanol–water partition coefficient (Wildman–Crippen LogP) is 1.76. The smallest absolute Gasteiger partial charge is 0.254 e. The quantitative estimate of drug-likeness (QED) is 0.828. The Morgan fingerprint density at radius 3 is 3.05 bits per heavy atom. The molecular weight excluding hydrogens is 276 g/mol. The fourth-order valence-corrected chi connectivity index (χ4v) is 2.84. The molecule has 1 aliphatic heterocycles. The Bertz CT molecular complexity index is 672. The maximum atomic E-state index is 13.0. The first-order valence-corrected chi connectivity index (χ1v) is 7.44. The molecule has 1 amide bonds. The van der Waals surface area contributed by atoms with E-state index >= 15 is 0 Å². The highest BCUT2D eigenvalue weighted by atomic mass is 16.2. The number of piperazine rings is 1. The van der Waals surface area contributed by atoms with E-state index in [-0.39, 0.29) is 11.9 Å². The summed E-state index contributed by atoms with van der Waals surface area (Å²) in [6.07, 6.45) is 3.57. The largest absolute Gasteiger partial charge is 0.399 e. The van der Waals surface area contributed by atoms with Crippen molar-refractivity contribution >= 4 is 11.6 Å². The van der Waals surface area contributed by atoms with Crippen LogP contribution in [-0.4, -0.2) is 35.4 Å². The summed E-state index contributed by atoms with van der Waals surface area (Å²) in [5, 5.41) is 3.35. The summed E-state index contributed by atoms with van der Waals surface area (Å²) in [7, 11) is 0. The maximum absolute atomic E-state index is 13.0. The van der Waals surface area contributed by atoms with E-state index in [1.165, 1.54) is 0 Å². The molecule has 0 saturated carbocycles. The van der Waals surface area contributed by atoms with Crippen LogP contribution in [0, 0.1) is 6.92 Å². The number of nitrogens with one attached hydrogen (secondary N) is 1. The fourth-order valence-electron chi connectivity index (χ4n) is 2.84. The second-order valence-corrected chi connectivity index (χ2v) is 5.58. The van der Waals surface area contributed by atoms with Gasteiger partial charge in [0, 0.05) is 43.3 Å². The van der Waals surface area contributed by atoms with Crippen LogP contribution >= 0.6 is 0 Å². The third-order valence-electron chi connectivity index (χ3n) is 4.07. The molecule has 1 aromatic carbocycles. The van der Waals surface area contributed by atoms with Crippen molar-refractivity contribution in [2.45, 2.75) is 13.0 Å². The molecule has 5 nitrogen and oxygen atoms in total. The van der Waals surface area contributed by atoms with E-state index in [0.717, 1.165) is 24.2 Å². The zero-order chi connectivity index (χ0) is 15.5. The van der Waals surface area contributed by atoms with Crippen molar-refractivity contribution in [2.75, 3.05) is 25.4 Å². The number of amides is 1. The second-order valence-electron chi connectivity index (χ2n) is 5.58. The molecule has 1 fully saturated rings. The first-order valence-electron chi connectivity index (χ1n) is 7.44. The minimum absolute atomic E-state index is 0.00391.